The highest BCUT2D eigenvalue weighted by atomic mass is 16.5. The number of para-hydroxylation sites is 2. The zero-order valence-corrected chi connectivity index (χ0v) is 13.7. The van der Waals surface area contributed by atoms with Gasteiger partial charge in [0, 0.05) is 12.6 Å². The molecule has 0 N–H and O–H groups in total. The van der Waals surface area contributed by atoms with Crippen molar-refractivity contribution in [2.45, 2.75) is 32.8 Å². The summed E-state index contributed by atoms with van der Waals surface area (Å²) in [4.78, 5) is 2.46. The summed E-state index contributed by atoms with van der Waals surface area (Å²) in [5.74, 6) is 2.23. The van der Waals surface area contributed by atoms with E-state index in [0.717, 1.165) is 23.7 Å². The van der Waals surface area contributed by atoms with Gasteiger partial charge in [-0.15, -0.1) is 0 Å². The molecule has 23 heavy (non-hydrogen) atoms. The van der Waals surface area contributed by atoms with E-state index in [1.54, 1.807) is 0 Å². The zero-order valence-electron chi connectivity index (χ0n) is 13.7. The molecule has 0 amide bonds. The number of benzene rings is 1. The summed E-state index contributed by atoms with van der Waals surface area (Å²) in [5, 5.41) is 3.86. The van der Waals surface area contributed by atoms with Crippen molar-refractivity contribution in [3.05, 3.63) is 41.8 Å². The number of aromatic nitrogens is 1. The van der Waals surface area contributed by atoms with Crippen LogP contribution in [0.15, 0.2) is 34.9 Å². The Morgan fingerprint density at radius 2 is 1.83 bits per heavy atom. The Kier molecular flexibility index (Phi) is 5.53. The Labute approximate surface area is 137 Å². The Morgan fingerprint density at radius 3 is 2.52 bits per heavy atom. The lowest BCUT2D eigenvalue weighted by Gasteiger charge is -2.26. The molecule has 0 spiro atoms. The second kappa shape index (κ2) is 8.02. The minimum Gasteiger partial charge on any atom is -0.488 e. The molecule has 1 saturated heterocycles. The number of piperidine rings is 1. The maximum Gasteiger partial charge on any atom is 0.174 e. The molecule has 0 unspecified atom stereocenters. The predicted octanol–water partition coefficient (Wildman–Crippen LogP) is 3.43. The van der Waals surface area contributed by atoms with Gasteiger partial charge in [0.2, 0.25) is 0 Å². The van der Waals surface area contributed by atoms with Crippen molar-refractivity contribution in [3.63, 3.8) is 0 Å². The van der Waals surface area contributed by atoms with Crippen LogP contribution in [0.5, 0.6) is 11.5 Å². The molecule has 0 radical (unpaired) electrons. The number of nitrogens with zero attached hydrogens (tertiary/aromatic N) is 2. The highest BCUT2D eigenvalue weighted by Crippen LogP contribution is 2.27. The first-order chi connectivity index (χ1) is 11.3. The van der Waals surface area contributed by atoms with E-state index in [-0.39, 0.29) is 0 Å². The molecule has 1 aliphatic rings. The van der Waals surface area contributed by atoms with Gasteiger partial charge in [0.15, 0.2) is 17.3 Å². The second-order valence-electron chi connectivity index (χ2n) is 5.92. The van der Waals surface area contributed by atoms with Crippen LogP contribution in [0.1, 0.15) is 30.7 Å². The maximum atomic E-state index is 5.92. The number of ether oxygens (including phenoxy) is 2. The van der Waals surface area contributed by atoms with Crippen LogP contribution in [-0.4, -0.2) is 36.3 Å². The molecular weight excluding hydrogens is 292 g/mol. The van der Waals surface area contributed by atoms with Gasteiger partial charge in [-0.1, -0.05) is 23.7 Å². The smallest absolute Gasteiger partial charge is 0.174 e. The molecule has 1 fully saturated rings. The van der Waals surface area contributed by atoms with Crippen molar-refractivity contribution in [1.29, 1.82) is 0 Å². The number of likely N-dealkylation sites (tertiary alicyclic amines) is 1. The summed E-state index contributed by atoms with van der Waals surface area (Å²) in [6, 6.07) is 9.64. The van der Waals surface area contributed by atoms with Crippen molar-refractivity contribution in [3.8, 4) is 11.5 Å². The van der Waals surface area contributed by atoms with Gasteiger partial charge in [0.05, 0.1) is 5.69 Å². The third kappa shape index (κ3) is 4.73. The summed E-state index contributed by atoms with van der Waals surface area (Å²) >= 11 is 0. The van der Waals surface area contributed by atoms with E-state index in [9.17, 15) is 0 Å². The average molecular weight is 316 g/mol. The molecule has 124 valence electrons. The van der Waals surface area contributed by atoms with Gasteiger partial charge in [-0.3, -0.25) is 4.90 Å². The van der Waals surface area contributed by atoms with Crippen LogP contribution in [0.3, 0.4) is 0 Å². The topological polar surface area (TPSA) is 47.7 Å². The van der Waals surface area contributed by atoms with Crippen LogP contribution in [-0.2, 0) is 6.61 Å². The molecule has 0 saturated carbocycles. The molecule has 0 bridgehead atoms. The number of hydrogen-bond donors (Lipinski definition) is 0. The highest BCUT2D eigenvalue weighted by Gasteiger charge is 2.11. The zero-order chi connectivity index (χ0) is 15.9. The highest BCUT2D eigenvalue weighted by molar-refractivity contribution is 5.39. The van der Waals surface area contributed by atoms with Gasteiger partial charge in [0.1, 0.15) is 13.2 Å². The van der Waals surface area contributed by atoms with Crippen molar-refractivity contribution < 1.29 is 14.0 Å². The molecule has 2 aromatic rings. The summed E-state index contributed by atoms with van der Waals surface area (Å²) in [7, 11) is 0. The predicted molar refractivity (Wildman–Crippen MR) is 87.8 cm³/mol. The molecule has 3 rings (SSSR count). The largest absolute Gasteiger partial charge is 0.488 e. The standard InChI is InChI=1S/C18H24N2O3/c1-15-13-16(23-19-15)14-22-18-8-4-3-7-17(18)21-12-11-20-9-5-2-6-10-20/h3-4,7-8,13H,2,5-6,9-12,14H2,1H3. The molecule has 1 aliphatic heterocycles. The Balaban J connectivity index is 1.50. The van der Waals surface area contributed by atoms with Crippen LogP contribution >= 0.6 is 0 Å². The molecule has 0 aliphatic carbocycles. The number of hydrogen-bond acceptors (Lipinski definition) is 5. The Hall–Kier alpha value is -2.01. The van der Waals surface area contributed by atoms with E-state index in [1.165, 1.54) is 32.4 Å². The lowest BCUT2D eigenvalue weighted by atomic mass is 10.1. The normalized spacial score (nSPS) is 15.5. The van der Waals surface area contributed by atoms with Crippen LogP contribution in [0, 0.1) is 6.92 Å². The van der Waals surface area contributed by atoms with E-state index < -0.39 is 0 Å². The summed E-state index contributed by atoms with van der Waals surface area (Å²) in [5.41, 5.74) is 0.856. The summed E-state index contributed by atoms with van der Waals surface area (Å²) < 4.78 is 16.9. The summed E-state index contributed by atoms with van der Waals surface area (Å²) in [6.07, 6.45) is 3.96. The van der Waals surface area contributed by atoms with Crippen molar-refractivity contribution in [2.24, 2.45) is 0 Å². The van der Waals surface area contributed by atoms with Gasteiger partial charge < -0.3 is 14.0 Å². The quantitative estimate of drug-likeness (QED) is 0.783. The molecule has 5 nitrogen and oxygen atoms in total. The fourth-order valence-corrected chi connectivity index (χ4v) is 2.79. The maximum absolute atomic E-state index is 5.92. The van der Waals surface area contributed by atoms with E-state index in [4.69, 9.17) is 14.0 Å². The summed E-state index contributed by atoms with van der Waals surface area (Å²) in [6.45, 7) is 6.27. The van der Waals surface area contributed by atoms with Crippen molar-refractivity contribution in [2.75, 3.05) is 26.2 Å². The second-order valence-corrected chi connectivity index (χ2v) is 5.92. The van der Waals surface area contributed by atoms with Gasteiger partial charge in [-0.2, -0.15) is 0 Å². The van der Waals surface area contributed by atoms with Gasteiger partial charge in [-0.25, -0.2) is 0 Å². The third-order valence-corrected chi connectivity index (χ3v) is 4.01. The van der Waals surface area contributed by atoms with Crippen molar-refractivity contribution >= 4 is 0 Å². The van der Waals surface area contributed by atoms with Gasteiger partial charge >= 0.3 is 0 Å². The van der Waals surface area contributed by atoms with E-state index in [0.29, 0.717) is 19.0 Å². The first-order valence-corrected chi connectivity index (χ1v) is 8.30. The lowest BCUT2D eigenvalue weighted by molar-refractivity contribution is 0.176. The fraction of sp³-hybridized carbons (Fsp3) is 0.500. The van der Waals surface area contributed by atoms with Crippen molar-refractivity contribution in [1.82, 2.24) is 10.1 Å². The molecule has 2 heterocycles. The number of rotatable bonds is 7. The molecule has 5 heteroatoms. The van der Waals surface area contributed by atoms with Gasteiger partial charge in [-0.05, 0) is 45.0 Å². The fourth-order valence-electron chi connectivity index (χ4n) is 2.79. The minimum atomic E-state index is 0.355. The molecule has 1 aromatic heterocycles. The van der Waals surface area contributed by atoms with E-state index in [1.807, 2.05) is 37.3 Å². The first kappa shape index (κ1) is 15.9. The van der Waals surface area contributed by atoms with E-state index in [2.05, 4.69) is 10.1 Å². The first-order valence-electron chi connectivity index (χ1n) is 8.30. The van der Waals surface area contributed by atoms with Crippen LogP contribution in [0.4, 0.5) is 0 Å². The molecule has 0 atom stereocenters. The average Bonchev–Trinajstić information content (AvgIpc) is 3.00. The van der Waals surface area contributed by atoms with Crippen LogP contribution in [0.2, 0.25) is 0 Å². The SMILES string of the molecule is Cc1cc(COc2ccccc2OCCN2CCCCC2)on1. The Morgan fingerprint density at radius 1 is 1.09 bits per heavy atom. The monoisotopic (exact) mass is 316 g/mol. The number of aryl methyl sites for hydroxylation is 1. The minimum absolute atomic E-state index is 0.355. The third-order valence-electron chi connectivity index (χ3n) is 4.01. The van der Waals surface area contributed by atoms with Crippen LogP contribution in [0.25, 0.3) is 0 Å². The lowest BCUT2D eigenvalue weighted by Crippen LogP contribution is -2.33. The molecular formula is C18H24N2O3. The van der Waals surface area contributed by atoms with Gasteiger partial charge in [0.25, 0.3) is 0 Å². The molecule has 1 aromatic carbocycles. The van der Waals surface area contributed by atoms with E-state index >= 15 is 0 Å². The Bertz CT molecular complexity index is 606. The van der Waals surface area contributed by atoms with Crippen LogP contribution < -0.4 is 9.47 Å².